The summed E-state index contributed by atoms with van der Waals surface area (Å²) in [5, 5.41) is 41.2. The lowest BCUT2D eigenvalue weighted by atomic mass is 9.87. The van der Waals surface area contributed by atoms with Crippen molar-refractivity contribution in [1.29, 1.82) is 0 Å². The summed E-state index contributed by atoms with van der Waals surface area (Å²) in [5.74, 6) is -0.815. The second-order valence-corrected chi connectivity index (χ2v) is 8.17. The minimum absolute atomic E-state index is 0.0266. The number of esters is 1. The summed E-state index contributed by atoms with van der Waals surface area (Å²) in [6.45, 7) is 4.66. The summed E-state index contributed by atoms with van der Waals surface area (Å²) in [6.07, 6.45) is -8.73. The van der Waals surface area contributed by atoms with Crippen LogP contribution in [0.4, 0.5) is 4.79 Å². The van der Waals surface area contributed by atoms with E-state index < -0.39 is 60.8 Å². The van der Waals surface area contributed by atoms with Gasteiger partial charge in [-0.2, -0.15) is 0 Å². The van der Waals surface area contributed by atoms with Crippen molar-refractivity contribution in [2.24, 2.45) is 5.41 Å². The molecule has 0 saturated carbocycles. The molecule has 0 bridgehead atoms. The first-order chi connectivity index (χ1) is 14.0. The summed E-state index contributed by atoms with van der Waals surface area (Å²) >= 11 is 0. The third-order valence-corrected chi connectivity index (χ3v) is 4.65. The molecule has 1 heterocycles. The van der Waals surface area contributed by atoms with E-state index in [-0.39, 0.29) is 6.61 Å². The predicted octanol–water partition coefficient (Wildman–Crippen LogP) is -0.329. The lowest BCUT2D eigenvalue weighted by Gasteiger charge is -2.38. The number of ether oxygens (including phenoxy) is 3. The number of benzene rings is 1. The number of amides is 1. The average Bonchev–Trinajstić information content (AvgIpc) is 2.70. The van der Waals surface area contributed by atoms with Gasteiger partial charge in [0.1, 0.15) is 43.7 Å². The Morgan fingerprint density at radius 2 is 1.67 bits per heavy atom. The highest BCUT2D eigenvalue weighted by atomic mass is 16.7. The summed E-state index contributed by atoms with van der Waals surface area (Å²) < 4.78 is 15.2. The van der Waals surface area contributed by atoms with Crippen molar-refractivity contribution in [1.82, 2.24) is 5.32 Å². The molecule has 0 aromatic heterocycles. The fourth-order valence-electron chi connectivity index (χ4n) is 2.83. The molecule has 1 aromatic carbocycles. The minimum atomic E-state index is -1.74. The molecule has 0 unspecified atom stereocenters. The largest absolute Gasteiger partial charge is 0.461 e. The van der Waals surface area contributed by atoms with Crippen LogP contribution in [0.2, 0.25) is 0 Å². The third-order valence-electron chi connectivity index (χ3n) is 4.65. The molecule has 1 fully saturated rings. The van der Waals surface area contributed by atoms with Crippen LogP contribution >= 0.6 is 0 Å². The number of hydrogen-bond acceptors (Lipinski definition) is 9. The van der Waals surface area contributed by atoms with Gasteiger partial charge >= 0.3 is 12.1 Å². The zero-order chi connectivity index (χ0) is 22.5. The van der Waals surface area contributed by atoms with E-state index >= 15 is 0 Å². The van der Waals surface area contributed by atoms with Crippen LogP contribution < -0.4 is 5.32 Å². The van der Waals surface area contributed by atoms with Gasteiger partial charge in [0.05, 0.1) is 0 Å². The zero-order valence-corrected chi connectivity index (χ0v) is 17.1. The van der Waals surface area contributed by atoms with E-state index in [9.17, 15) is 30.0 Å². The molecule has 0 aliphatic carbocycles. The quantitative estimate of drug-likeness (QED) is 0.384. The molecule has 0 radical (unpaired) electrons. The van der Waals surface area contributed by atoms with Crippen molar-refractivity contribution in [3.63, 3.8) is 0 Å². The molecule has 2 rings (SSSR count). The van der Waals surface area contributed by atoms with Crippen LogP contribution in [-0.2, 0) is 25.6 Å². The maximum absolute atomic E-state index is 12.6. The van der Waals surface area contributed by atoms with Crippen LogP contribution in [0, 0.1) is 5.41 Å². The summed E-state index contributed by atoms with van der Waals surface area (Å²) in [7, 11) is 0. The van der Waals surface area contributed by atoms with E-state index in [0.29, 0.717) is 0 Å². The molecule has 10 nitrogen and oxygen atoms in total. The minimum Gasteiger partial charge on any atom is -0.461 e. The topological polar surface area (TPSA) is 155 Å². The Labute approximate surface area is 174 Å². The first-order valence-corrected chi connectivity index (χ1v) is 9.52. The van der Waals surface area contributed by atoms with Crippen LogP contribution in [-0.4, -0.2) is 75.8 Å². The highest BCUT2D eigenvalue weighted by molar-refractivity contribution is 5.82. The van der Waals surface area contributed by atoms with Crippen molar-refractivity contribution in [3.05, 3.63) is 35.9 Å². The molecule has 10 heteroatoms. The number of carbonyl (C=O) groups is 2. The Morgan fingerprint density at radius 1 is 1.03 bits per heavy atom. The SMILES string of the molecule is CC(C)(C)[C@@H](NC(=O)OCc1ccccc1)C(=O)OC[C@@H]1O[C@@H](O)[C@H](O)[C@H](O)[C@@H]1O. The lowest BCUT2D eigenvalue weighted by Crippen LogP contribution is -2.59. The first-order valence-electron chi connectivity index (χ1n) is 9.52. The van der Waals surface area contributed by atoms with Gasteiger partial charge in [0.15, 0.2) is 6.29 Å². The van der Waals surface area contributed by atoms with Crippen LogP contribution in [0.5, 0.6) is 0 Å². The zero-order valence-electron chi connectivity index (χ0n) is 17.1. The van der Waals surface area contributed by atoms with Gasteiger partial charge in [-0.3, -0.25) is 0 Å². The number of aliphatic hydroxyl groups excluding tert-OH is 4. The number of alkyl carbamates (subject to hydrolysis) is 1. The highest BCUT2D eigenvalue weighted by Gasteiger charge is 2.44. The molecule has 6 atom stereocenters. The van der Waals surface area contributed by atoms with Crippen LogP contribution in [0.15, 0.2) is 30.3 Å². The molecule has 1 aliphatic heterocycles. The third kappa shape index (κ3) is 6.38. The Balaban J connectivity index is 1.92. The molecule has 30 heavy (non-hydrogen) atoms. The van der Waals surface area contributed by atoms with Gasteiger partial charge in [-0.25, -0.2) is 9.59 Å². The van der Waals surface area contributed by atoms with Gasteiger partial charge in [-0.15, -0.1) is 0 Å². The number of aliphatic hydroxyl groups is 4. The highest BCUT2D eigenvalue weighted by Crippen LogP contribution is 2.23. The monoisotopic (exact) mass is 427 g/mol. The second kappa shape index (κ2) is 10.2. The summed E-state index contributed by atoms with van der Waals surface area (Å²) in [6, 6.07) is 7.94. The van der Waals surface area contributed by atoms with Crippen LogP contribution in [0.3, 0.4) is 0 Å². The van der Waals surface area contributed by atoms with E-state index in [2.05, 4.69) is 5.32 Å². The summed E-state index contributed by atoms with van der Waals surface area (Å²) in [4.78, 5) is 24.7. The Bertz CT molecular complexity index is 706. The smallest absolute Gasteiger partial charge is 0.408 e. The van der Waals surface area contributed by atoms with Gasteiger partial charge in [0, 0.05) is 0 Å². The summed E-state index contributed by atoms with van der Waals surface area (Å²) in [5.41, 5.74) is 0.0506. The number of rotatable bonds is 6. The maximum Gasteiger partial charge on any atom is 0.408 e. The molecular formula is C20H29NO9. The Morgan fingerprint density at radius 3 is 2.27 bits per heavy atom. The fourth-order valence-corrected chi connectivity index (χ4v) is 2.83. The van der Waals surface area contributed by atoms with Crippen molar-refractivity contribution < 1.29 is 44.2 Å². The van der Waals surface area contributed by atoms with Gasteiger partial charge in [-0.1, -0.05) is 51.1 Å². The Hall–Kier alpha value is -2.24. The average molecular weight is 427 g/mol. The molecule has 5 N–H and O–H groups in total. The number of carbonyl (C=O) groups excluding carboxylic acids is 2. The predicted molar refractivity (Wildman–Crippen MR) is 103 cm³/mol. The normalized spacial score (nSPS) is 27.8. The first kappa shape index (κ1) is 24.0. The van der Waals surface area contributed by atoms with Gasteiger partial charge in [0.25, 0.3) is 0 Å². The van der Waals surface area contributed by atoms with Gasteiger partial charge < -0.3 is 40.0 Å². The molecule has 1 saturated heterocycles. The number of nitrogens with one attached hydrogen (secondary N) is 1. The van der Waals surface area contributed by atoms with E-state index in [1.807, 2.05) is 6.07 Å². The molecule has 1 aromatic rings. The Kier molecular flexibility index (Phi) is 8.16. The van der Waals surface area contributed by atoms with Crippen molar-refractivity contribution in [3.8, 4) is 0 Å². The van der Waals surface area contributed by atoms with Crippen molar-refractivity contribution >= 4 is 12.1 Å². The van der Waals surface area contributed by atoms with Crippen LogP contribution in [0.25, 0.3) is 0 Å². The molecule has 1 aliphatic rings. The van der Waals surface area contributed by atoms with E-state index in [1.165, 1.54) is 0 Å². The maximum atomic E-state index is 12.6. The van der Waals surface area contributed by atoms with Crippen molar-refractivity contribution in [2.75, 3.05) is 6.61 Å². The van der Waals surface area contributed by atoms with E-state index in [4.69, 9.17) is 14.2 Å². The molecular weight excluding hydrogens is 398 g/mol. The standard InChI is InChI=1S/C20H29NO9/c1-20(2,3)16(21-19(27)29-9-11-7-5-4-6-8-11)18(26)28-10-12-13(22)14(23)15(24)17(25)30-12/h4-8,12-17,22-25H,9-10H2,1-3H3,(H,21,27)/t12-,13+,14+,15+,16-,17+/m0/s1. The van der Waals surface area contributed by atoms with Gasteiger partial charge in [0.2, 0.25) is 0 Å². The molecule has 0 spiro atoms. The van der Waals surface area contributed by atoms with E-state index in [1.54, 1.807) is 45.0 Å². The van der Waals surface area contributed by atoms with Crippen LogP contribution in [0.1, 0.15) is 26.3 Å². The molecule has 168 valence electrons. The van der Waals surface area contributed by atoms with E-state index in [0.717, 1.165) is 5.56 Å². The lowest BCUT2D eigenvalue weighted by molar-refractivity contribution is -0.287. The molecule has 1 amide bonds. The fraction of sp³-hybridized carbons (Fsp3) is 0.600. The number of hydrogen-bond donors (Lipinski definition) is 5. The second-order valence-electron chi connectivity index (χ2n) is 8.17. The van der Waals surface area contributed by atoms with Crippen molar-refractivity contribution in [2.45, 2.75) is 64.1 Å². The van der Waals surface area contributed by atoms with Gasteiger partial charge in [-0.05, 0) is 11.0 Å².